The molecule has 1 rings (SSSR count). The molecular formula is C11H14O3. The van der Waals surface area contributed by atoms with E-state index in [1.54, 1.807) is 12.1 Å². The van der Waals surface area contributed by atoms with E-state index in [0.29, 0.717) is 5.75 Å². The summed E-state index contributed by atoms with van der Waals surface area (Å²) in [6.45, 7) is 5.34. The maximum Gasteiger partial charge on any atom is 0.308 e. The number of hydrogen-bond acceptors (Lipinski definition) is 3. The summed E-state index contributed by atoms with van der Waals surface area (Å²) < 4.78 is 4.99. The van der Waals surface area contributed by atoms with E-state index in [-0.39, 0.29) is 17.6 Å². The van der Waals surface area contributed by atoms with Crippen LogP contribution in [-0.4, -0.2) is 11.1 Å². The fraction of sp³-hybridized carbons (Fsp3) is 0.364. The van der Waals surface area contributed by atoms with Crippen LogP contribution < -0.4 is 4.74 Å². The van der Waals surface area contributed by atoms with Gasteiger partial charge in [0.2, 0.25) is 0 Å². The number of benzene rings is 1. The molecule has 0 aliphatic carbocycles. The first-order chi connectivity index (χ1) is 6.50. The fourth-order valence-electron chi connectivity index (χ4n) is 1.24. The van der Waals surface area contributed by atoms with E-state index in [9.17, 15) is 9.90 Å². The van der Waals surface area contributed by atoms with Gasteiger partial charge < -0.3 is 9.84 Å². The lowest BCUT2D eigenvalue weighted by Gasteiger charge is -2.11. The minimum absolute atomic E-state index is 0.102. The van der Waals surface area contributed by atoms with Crippen molar-refractivity contribution in [3.63, 3.8) is 0 Å². The first kappa shape index (κ1) is 10.6. The zero-order valence-corrected chi connectivity index (χ0v) is 8.57. The molecule has 0 amide bonds. The van der Waals surface area contributed by atoms with E-state index >= 15 is 0 Å². The summed E-state index contributed by atoms with van der Waals surface area (Å²) in [5.41, 5.74) is 0.915. The summed E-state index contributed by atoms with van der Waals surface area (Å²) in [5.74, 6) is 0.417. The highest BCUT2D eigenvalue weighted by atomic mass is 16.5. The van der Waals surface area contributed by atoms with Crippen LogP contribution in [0.1, 0.15) is 32.3 Å². The molecule has 0 radical (unpaired) electrons. The van der Waals surface area contributed by atoms with Crippen molar-refractivity contribution >= 4 is 5.97 Å². The molecule has 0 aromatic heterocycles. The van der Waals surface area contributed by atoms with Crippen LogP contribution >= 0.6 is 0 Å². The van der Waals surface area contributed by atoms with Crippen LogP contribution in [0.15, 0.2) is 18.2 Å². The number of rotatable bonds is 2. The molecule has 0 unspecified atom stereocenters. The third-order valence-electron chi connectivity index (χ3n) is 1.87. The molecule has 14 heavy (non-hydrogen) atoms. The van der Waals surface area contributed by atoms with Gasteiger partial charge in [-0.2, -0.15) is 0 Å². The molecule has 76 valence electrons. The van der Waals surface area contributed by atoms with Crippen molar-refractivity contribution in [1.82, 2.24) is 0 Å². The largest absolute Gasteiger partial charge is 0.508 e. The van der Waals surface area contributed by atoms with Gasteiger partial charge in [0, 0.05) is 13.0 Å². The summed E-state index contributed by atoms with van der Waals surface area (Å²) in [5, 5.41) is 9.24. The zero-order chi connectivity index (χ0) is 10.7. The monoisotopic (exact) mass is 194 g/mol. The van der Waals surface area contributed by atoms with Crippen LogP contribution in [0.3, 0.4) is 0 Å². The molecule has 3 heteroatoms. The van der Waals surface area contributed by atoms with Crippen LogP contribution in [0.2, 0.25) is 0 Å². The van der Waals surface area contributed by atoms with Gasteiger partial charge in [0.05, 0.1) is 0 Å². The van der Waals surface area contributed by atoms with Crippen LogP contribution in [0.25, 0.3) is 0 Å². The Morgan fingerprint density at radius 1 is 1.43 bits per heavy atom. The second kappa shape index (κ2) is 4.13. The Hall–Kier alpha value is -1.51. The summed E-state index contributed by atoms with van der Waals surface area (Å²) in [7, 11) is 0. The Morgan fingerprint density at radius 3 is 2.57 bits per heavy atom. The fourth-order valence-corrected chi connectivity index (χ4v) is 1.24. The smallest absolute Gasteiger partial charge is 0.308 e. The van der Waals surface area contributed by atoms with Gasteiger partial charge >= 0.3 is 5.97 Å². The van der Waals surface area contributed by atoms with Gasteiger partial charge in [-0.3, -0.25) is 4.79 Å². The molecule has 0 atom stereocenters. The lowest BCUT2D eigenvalue weighted by molar-refractivity contribution is -0.131. The van der Waals surface area contributed by atoms with Crippen LogP contribution in [0, 0.1) is 0 Å². The Bertz CT molecular complexity index is 342. The summed E-state index contributed by atoms with van der Waals surface area (Å²) in [4.78, 5) is 10.8. The van der Waals surface area contributed by atoms with E-state index in [1.807, 2.05) is 13.8 Å². The molecule has 0 spiro atoms. The lowest BCUT2D eigenvalue weighted by Crippen LogP contribution is -2.04. The van der Waals surface area contributed by atoms with Gasteiger partial charge in [0.25, 0.3) is 0 Å². The van der Waals surface area contributed by atoms with Crippen molar-refractivity contribution in [3.05, 3.63) is 23.8 Å². The third kappa shape index (κ3) is 2.49. The number of ether oxygens (including phenoxy) is 1. The van der Waals surface area contributed by atoms with Gasteiger partial charge in [-0.1, -0.05) is 19.9 Å². The number of hydrogen-bond donors (Lipinski definition) is 1. The summed E-state index contributed by atoms with van der Waals surface area (Å²) >= 11 is 0. The van der Waals surface area contributed by atoms with Gasteiger partial charge in [-0.15, -0.1) is 0 Å². The normalized spacial score (nSPS) is 10.3. The molecule has 0 aliphatic rings. The van der Waals surface area contributed by atoms with Crippen molar-refractivity contribution in [2.24, 2.45) is 0 Å². The Balaban J connectivity index is 3.09. The van der Waals surface area contributed by atoms with Crippen molar-refractivity contribution in [3.8, 4) is 11.5 Å². The van der Waals surface area contributed by atoms with E-state index in [4.69, 9.17) is 4.74 Å². The first-order valence-electron chi connectivity index (χ1n) is 4.52. The molecule has 0 aliphatic heterocycles. The summed E-state index contributed by atoms with van der Waals surface area (Å²) in [6, 6.07) is 4.80. The maximum absolute atomic E-state index is 10.8. The van der Waals surface area contributed by atoms with Crippen LogP contribution in [0.4, 0.5) is 0 Å². The second-order valence-corrected chi connectivity index (χ2v) is 3.47. The number of carbonyl (C=O) groups excluding carboxylic acids is 1. The number of aromatic hydroxyl groups is 1. The number of phenols is 1. The highest BCUT2D eigenvalue weighted by Crippen LogP contribution is 2.29. The van der Waals surface area contributed by atoms with E-state index in [2.05, 4.69) is 0 Å². The minimum Gasteiger partial charge on any atom is -0.508 e. The maximum atomic E-state index is 10.8. The Kier molecular flexibility index (Phi) is 3.12. The lowest BCUT2D eigenvalue weighted by atomic mass is 10.0. The molecule has 0 heterocycles. The van der Waals surface area contributed by atoms with E-state index < -0.39 is 0 Å². The Morgan fingerprint density at radius 2 is 2.07 bits per heavy atom. The molecule has 1 aromatic carbocycles. The van der Waals surface area contributed by atoms with Crippen molar-refractivity contribution < 1.29 is 14.6 Å². The van der Waals surface area contributed by atoms with Crippen molar-refractivity contribution in [1.29, 1.82) is 0 Å². The molecular weight excluding hydrogens is 180 g/mol. The molecule has 0 saturated heterocycles. The SMILES string of the molecule is CC(=O)Oc1cc(O)ccc1C(C)C. The van der Waals surface area contributed by atoms with Crippen LogP contribution in [-0.2, 0) is 4.79 Å². The molecule has 0 saturated carbocycles. The van der Waals surface area contributed by atoms with Crippen LogP contribution in [0.5, 0.6) is 11.5 Å². The number of carbonyl (C=O) groups is 1. The van der Waals surface area contributed by atoms with Crippen molar-refractivity contribution in [2.75, 3.05) is 0 Å². The predicted molar refractivity (Wildman–Crippen MR) is 53.5 cm³/mol. The third-order valence-corrected chi connectivity index (χ3v) is 1.87. The van der Waals surface area contributed by atoms with Gasteiger partial charge in [0.15, 0.2) is 0 Å². The quantitative estimate of drug-likeness (QED) is 0.581. The highest BCUT2D eigenvalue weighted by molar-refractivity contribution is 5.70. The standard InChI is InChI=1S/C11H14O3/c1-7(2)10-5-4-9(13)6-11(10)14-8(3)12/h4-7,13H,1-3H3. The average molecular weight is 194 g/mol. The number of esters is 1. The topological polar surface area (TPSA) is 46.5 Å². The molecule has 0 fully saturated rings. The van der Waals surface area contributed by atoms with Crippen molar-refractivity contribution in [2.45, 2.75) is 26.7 Å². The molecule has 0 bridgehead atoms. The highest BCUT2D eigenvalue weighted by Gasteiger charge is 2.10. The molecule has 1 N–H and O–H groups in total. The van der Waals surface area contributed by atoms with Gasteiger partial charge in [0.1, 0.15) is 11.5 Å². The van der Waals surface area contributed by atoms with Gasteiger partial charge in [-0.05, 0) is 17.5 Å². The molecule has 1 aromatic rings. The molecule has 3 nitrogen and oxygen atoms in total. The average Bonchev–Trinajstić information content (AvgIpc) is 2.01. The first-order valence-corrected chi connectivity index (χ1v) is 4.52. The van der Waals surface area contributed by atoms with E-state index in [0.717, 1.165) is 5.56 Å². The predicted octanol–water partition coefficient (Wildman–Crippen LogP) is 2.44. The second-order valence-electron chi connectivity index (χ2n) is 3.47. The zero-order valence-electron chi connectivity index (χ0n) is 8.57. The number of phenolic OH excluding ortho intramolecular Hbond substituents is 1. The minimum atomic E-state index is -0.377. The summed E-state index contributed by atoms with van der Waals surface area (Å²) in [6.07, 6.45) is 0. The Labute approximate surface area is 83.3 Å². The van der Waals surface area contributed by atoms with Gasteiger partial charge in [-0.25, -0.2) is 0 Å². The van der Waals surface area contributed by atoms with E-state index in [1.165, 1.54) is 13.0 Å².